The van der Waals surface area contributed by atoms with Gasteiger partial charge in [0.2, 0.25) is 0 Å². The molecule has 1 aliphatic rings. The minimum absolute atomic E-state index is 0.121. The van der Waals surface area contributed by atoms with Gasteiger partial charge in [-0.25, -0.2) is 23.5 Å². The van der Waals surface area contributed by atoms with E-state index in [0.717, 1.165) is 25.0 Å². The third-order valence-corrected chi connectivity index (χ3v) is 6.45. The van der Waals surface area contributed by atoms with E-state index in [-0.39, 0.29) is 47.5 Å². The highest BCUT2D eigenvalue weighted by molar-refractivity contribution is 6.33. The number of hydrogen-bond donors (Lipinski definition) is 1. The minimum atomic E-state index is -0.731. The van der Waals surface area contributed by atoms with Crippen LogP contribution in [-0.4, -0.2) is 43.9 Å². The smallest absolute Gasteiger partial charge is 0.341 e. The molecular formula is C27H25ClF2N6O3. The summed E-state index contributed by atoms with van der Waals surface area (Å²) in [5.41, 5.74) is 1.52. The number of pyridine rings is 1. The summed E-state index contributed by atoms with van der Waals surface area (Å²) in [6.45, 7) is 3.81. The number of nitrogens with one attached hydrogen (secondary N) is 1. The van der Waals surface area contributed by atoms with Gasteiger partial charge in [-0.2, -0.15) is 5.10 Å². The predicted octanol–water partition coefficient (Wildman–Crippen LogP) is 5.91. The van der Waals surface area contributed by atoms with Crippen LogP contribution in [0.15, 0.2) is 42.9 Å². The number of aromatic nitrogens is 5. The highest BCUT2D eigenvalue weighted by Gasteiger charge is 2.33. The van der Waals surface area contributed by atoms with Crippen LogP contribution in [0.1, 0.15) is 54.2 Å². The number of hydrogen-bond acceptors (Lipinski definition) is 8. The number of esters is 1. The van der Waals surface area contributed by atoms with E-state index in [4.69, 9.17) is 21.1 Å². The summed E-state index contributed by atoms with van der Waals surface area (Å²) in [6.07, 6.45) is 6.24. The molecule has 1 saturated carbocycles. The number of ether oxygens (including phenoxy) is 2. The lowest BCUT2D eigenvalue weighted by molar-refractivity contribution is 0.0527. The van der Waals surface area contributed by atoms with Crippen LogP contribution in [0, 0.1) is 11.6 Å². The van der Waals surface area contributed by atoms with Crippen molar-refractivity contribution in [3.05, 3.63) is 76.3 Å². The van der Waals surface area contributed by atoms with Crippen molar-refractivity contribution in [2.75, 3.05) is 18.5 Å². The van der Waals surface area contributed by atoms with E-state index in [1.807, 2.05) is 0 Å². The van der Waals surface area contributed by atoms with Crippen molar-refractivity contribution in [2.45, 2.75) is 39.2 Å². The molecule has 0 atom stereocenters. The molecule has 0 saturated heterocycles. The molecule has 0 unspecified atom stereocenters. The second-order valence-corrected chi connectivity index (χ2v) is 9.19. The first kappa shape index (κ1) is 26.5. The Morgan fingerprint density at radius 1 is 1.15 bits per heavy atom. The highest BCUT2D eigenvalue weighted by Crippen LogP contribution is 2.46. The van der Waals surface area contributed by atoms with Gasteiger partial charge < -0.3 is 14.8 Å². The van der Waals surface area contributed by atoms with Gasteiger partial charge in [0.25, 0.3) is 0 Å². The number of carbonyl (C=O) groups is 1. The normalized spacial score (nSPS) is 12.8. The fraction of sp³-hybridized carbons (Fsp3) is 0.296. The molecule has 3 heterocycles. The van der Waals surface area contributed by atoms with Gasteiger partial charge in [0.15, 0.2) is 5.82 Å². The van der Waals surface area contributed by atoms with Crippen molar-refractivity contribution < 1.29 is 23.0 Å². The summed E-state index contributed by atoms with van der Waals surface area (Å²) < 4.78 is 41.5. The first-order valence-electron chi connectivity index (χ1n) is 12.5. The molecule has 4 aromatic rings. The first-order chi connectivity index (χ1) is 18.9. The molecule has 0 bridgehead atoms. The van der Waals surface area contributed by atoms with E-state index in [0.29, 0.717) is 28.8 Å². The van der Waals surface area contributed by atoms with E-state index in [1.165, 1.54) is 23.3 Å². The van der Waals surface area contributed by atoms with Crippen molar-refractivity contribution in [1.82, 2.24) is 24.7 Å². The number of halogens is 3. The molecule has 0 spiro atoms. The van der Waals surface area contributed by atoms with Crippen LogP contribution in [0.2, 0.25) is 5.02 Å². The van der Waals surface area contributed by atoms with Crippen LogP contribution >= 0.6 is 11.6 Å². The Bertz CT molecular complexity index is 1500. The highest BCUT2D eigenvalue weighted by atomic mass is 35.5. The monoisotopic (exact) mass is 554 g/mol. The van der Waals surface area contributed by atoms with E-state index < -0.39 is 17.6 Å². The topological polar surface area (TPSA) is 104 Å². The van der Waals surface area contributed by atoms with Gasteiger partial charge in [0, 0.05) is 42.2 Å². The van der Waals surface area contributed by atoms with Gasteiger partial charge >= 0.3 is 5.97 Å². The average Bonchev–Trinajstić information content (AvgIpc) is 3.69. The lowest BCUT2D eigenvalue weighted by Gasteiger charge is -2.11. The fourth-order valence-corrected chi connectivity index (χ4v) is 4.52. The Labute approximate surface area is 228 Å². The fourth-order valence-electron chi connectivity index (χ4n) is 4.15. The lowest BCUT2D eigenvalue weighted by atomic mass is 10.1. The molecule has 3 aromatic heterocycles. The molecule has 1 aliphatic carbocycles. The molecule has 202 valence electrons. The third kappa shape index (κ3) is 5.68. The number of nitrogens with zero attached hydrogens (tertiary/aromatic N) is 5. The standard InChI is InChI=1S/C27H25ClF2N6O3/c1-3-38-16-11-19(29)18(20(30)12-16)14-36-25(15-5-6-15)23(28)24(35-36)26-32-10-8-22(34-26)33-21-7-9-31-13-17(21)27(37)39-4-2/h7-13,15H,3-6,14H2,1-2H3,(H,31,32,33,34). The number of carbonyl (C=O) groups excluding carboxylic acids is 1. The maximum atomic E-state index is 14.8. The second-order valence-electron chi connectivity index (χ2n) is 8.81. The molecule has 1 fully saturated rings. The molecule has 5 rings (SSSR count). The summed E-state index contributed by atoms with van der Waals surface area (Å²) >= 11 is 6.76. The van der Waals surface area contributed by atoms with E-state index in [2.05, 4.69) is 25.4 Å². The summed E-state index contributed by atoms with van der Waals surface area (Å²) in [4.78, 5) is 25.2. The molecule has 0 radical (unpaired) electrons. The summed E-state index contributed by atoms with van der Waals surface area (Å²) in [7, 11) is 0. The Balaban J connectivity index is 1.47. The minimum Gasteiger partial charge on any atom is -0.494 e. The number of benzene rings is 1. The second kappa shape index (κ2) is 11.3. The van der Waals surface area contributed by atoms with Crippen LogP contribution in [0.3, 0.4) is 0 Å². The lowest BCUT2D eigenvalue weighted by Crippen LogP contribution is -2.10. The van der Waals surface area contributed by atoms with Crippen LogP contribution in [0.5, 0.6) is 5.75 Å². The first-order valence-corrected chi connectivity index (χ1v) is 12.9. The Hall–Kier alpha value is -4.12. The third-order valence-electron chi connectivity index (χ3n) is 6.08. The molecule has 1 N–H and O–H groups in total. The maximum absolute atomic E-state index is 14.8. The van der Waals surface area contributed by atoms with Gasteiger partial charge in [-0.3, -0.25) is 9.67 Å². The number of rotatable bonds is 10. The van der Waals surface area contributed by atoms with Gasteiger partial charge in [-0.15, -0.1) is 0 Å². The van der Waals surface area contributed by atoms with Crippen molar-refractivity contribution in [2.24, 2.45) is 0 Å². The SMILES string of the molecule is CCOC(=O)c1cnccc1Nc1ccnc(-c2nn(Cc3c(F)cc(OCC)cc3F)c(C3CC3)c2Cl)n1. The molecule has 39 heavy (non-hydrogen) atoms. The van der Waals surface area contributed by atoms with Crippen molar-refractivity contribution in [3.63, 3.8) is 0 Å². The quantitative estimate of drug-likeness (QED) is 0.241. The number of anilines is 2. The average molecular weight is 555 g/mol. The van der Waals surface area contributed by atoms with Crippen molar-refractivity contribution >= 4 is 29.1 Å². The predicted molar refractivity (Wildman–Crippen MR) is 140 cm³/mol. The van der Waals surface area contributed by atoms with Crippen LogP contribution in [0.4, 0.5) is 20.3 Å². The molecule has 9 nitrogen and oxygen atoms in total. The van der Waals surface area contributed by atoms with Crippen molar-refractivity contribution in [3.8, 4) is 17.3 Å². The van der Waals surface area contributed by atoms with Crippen molar-refractivity contribution in [1.29, 1.82) is 0 Å². The van der Waals surface area contributed by atoms with E-state index in [1.54, 1.807) is 26.0 Å². The van der Waals surface area contributed by atoms with Crippen LogP contribution < -0.4 is 10.1 Å². The Morgan fingerprint density at radius 2 is 1.92 bits per heavy atom. The van der Waals surface area contributed by atoms with E-state index in [9.17, 15) is 13.6 Å². The van der Waals surface area contributed by atoms with Gasteiger partial charge in [0.05, 0.1) is 36.2 Å². The van der Waals surface area contributed by atoms with E-state index >= 15 is 0 Å². The molecular weight excluding hydrogens is 530 g/mol. The largest absolute Gasteiger partial charge is 0.494 e. The summed E-state index contributed by atoms with van der Waals surface area (Å²) in [5.74, 6) is -1.15. The van der Waals surface area contributed by atoms with Gasteiger partial charge in [-0.05, 0) is 38.8 Å². The zero-order valence-corrected chi connectivity index (χ0v) is 22.0. The van der Waals surface area contributed by atoms with Crippen LogP contribution in [0.25, 0.3) is 11.5 Å². The molecule has 0 amide bonds. The maximum Gasteiger partial charge on any atom is 0.341 e. The molecule has 1 aromatic carbocycles. The Morgan fingerprint density at radius 3 is 2.62 bits per heavy atom. The Kier molecular flexibility index (Phi) is 7.69. The summed E-state index contributed by atoms with van der Waals surface area (Å²) in [5, 5.41) is 8.00. The van der Waals surface area contributed by atoms with Gasteiger partial charge in [-0.1, -0.05) is 11.6 Å². The zero-order chi connectivity index (χ0) is 27.5. The van der Waals surface area contributed by atoms with Crippen LogP contribution in [-0.2, 0) is 11.3 Å². The summed E-state index contributed by atoms with van der Waals surface area (Å²) in [6, 6.07) is 5.57. The van der Waals surface area contributed by atoms with Gasteiger partial charge in [0.1, 0.15) is 34.5 Å². The molecule has 12 heteroatoms. The zero-order valence-electron chi connectivity index (χ0n) is 21.2. The molecule has 0 aliphatic heterocycles.